The fourth-order valence-corrected chi connectivity index (χ4v) is 8.55. The first-order valence-corrected chi connectivity index (χ1v) is 17.2. The van der Waals surface area contributed by atoms with Crippen LogP contribution < -0.4 is 5.32 Å². The predicted octanol–water partition coefficient (Wildman–Crippen LogP) is 3.13. The molecule has 5 aliphatic rings. The third-order valence-corrected chi connectivity index (χ3v) is 11.3. The number of ketones is 1. The quantitative estimate of drug-likeness (QED) is 0.335. The van der Waals surface area contributed by atoms with Gasteiger partial charge in [-0.25, -0.2) is 4.79 Å². The maximum atomic E-state index is 14.6. The Kier molecular flexibility index (Phi) is 11.2. The largest absolute Gasteiger partial charge is 0.457 e. The molecule has 2 unspecified atom stereocenters. The zero-order chi connectivity index (χ0) is 34.4. The van der Waals surface area contributed by atoms with Gasteiger partial charge in [-0.1, -0.05) is 27.7 Å². The van der Waals surface area contributed by atoms with Gasteiger partial charge in [0.2, 0.25) is 0 Å². The minimum atomic E-state index is -1.55. The Morgan fingerprint density at radius 3 is 2.37 bits per heavy atom. The molecule has 2 N–H and O–H groups in total. The SMILES string of the molecule is CC[C@H]1OC(=O)[C@@]2(C)CCO[C@@](C)(C[C@@H](C)CN(CC)[C@H](C)[C@H]3NC(=O)O[C@@]31C)[C@H](O[C@@H]1O[C@H](C)CC(N(C)C)C1O)[C@@H](C)C2=O. The summed E-state index contributed by atoms with van der Waals surface area (Å²) in [5, 5.41) is 14.4. The van der Waals surface area contributed by atoms with Crippen molar-refractivity contribution in [2.45, 2.75) is 148 Å². The standard InChI is InChI=1S/C34H59N3O9/c1-12-24-34(9)26(35-31(41)46-34)22(6)37(13-2)18-19(3)17-33(8)28(45-29-25(38)23(36(10)11)16-20(4)43-29)21(5)27(39)32(7,14-15-42-33)30(40)44-24/h19-26,28-29,38H,12-18H2,1-11H3,(H,35,41)/t19-,20-,21+,22-,23?,24-,25?,26-,28-,29+,32+,33+,34-/m1/s1. The molecule has 1 amide bonds. The van der Waals surface area contributed by atoms with Crippen LogP contribution in [-0.4, -0.2) is 127 Å². The number of esters is 1. The van der Waals surface area contributed by atoms with E-state index in [1.807, 2.05) is 46.7 Å². The predicted molar refractivity (Wildman–Crippen MR) is 171 cm³/mol. The van der Waals surface area contributed by atoms with Crippen molar-refractivity contribution in [1.82, 2.24) is 15.1 Å². The molecule has 0 aliphatic carbocycles. The molecule has 5 aliphatic heterocycles. The molecule has 12 nitrogen and oxygen atoms in total. The van der Waals surface area contributed by atoms with Crippen LogP contribution in [0.25, 0.3) is 0 Å². The van der Waals surface area contributed by atoms with E-state index in [9.17, 15) is 19.5 Å². The molecule has 0 aromatic rings. The first-order chi connectivity index (χ1) is 21.4. The smallest absolute Gasteiger partial charge is 0.408 e. The second-order valence-electron chi connectivity index (χ2n) is 15.2. The van der Waals surface area contributed by atoms with E-state index in [0.717, 1.165) is 0 Å². The number of likely N-dealkylation sites (N-methyl/N-ethyl adjacent to an activating group) is 2. The fraction of sp³-hybridized carbons (Fsp3) is 0.912. The van der Waals surface area contributed by atoms with Crippen LogP contribution in [0.5, 0.6) is 0 Å². The van der Waals surface area contributed by atoms with Crippen molar-refractivity contribution in [1.29, 1.82) is 0 Å². The molecular weight excluding hydrogens is 594 g/mol. The van der Waals surface area contributed by atoms with Crippen molar-refractivity contribution >= 4 is 17.8 Å². The Balaban J connectivity index is 1.80. The number of rotatable bonds is 5. The highest BCUT2D eigenvalue weighted by atomic mass is 16.7. The number of ether oxygens (including phenoxy) is 5. The Morgan fingerprint density at radius 1 is 1.09 bits per heavy atom. The summed E-state index contributed by atoms with van der Waals surface area (Å²) in [4.78, 5) is 45.7. The highest BCUT2D eigenvalue weighted by Crippen LogP contribution is 2.43. The number of aliphatic hydroxyl groups is 1. The van der Waals surface area contributed by atoms with Crippen LogP contribution in [0.4, 0.5) is 4.79 Å². The number of hydrogen-bond acceptors (Lipinski definition) is 11. The van der Waals surface area contributed by atoms with Crippen LogP contribution in [0.1, 0.15) is 88.0 Å². The lowest BCUT2D eigenvalue weighted by atomic mass is 9.70. The lowest BCUT2D eigenvalue weighted by Crippen LogP contribution is -2.61. The zero-order valence-electron chi connectivity index (χ0n) is 29.8. The summed E-state index contributed by atoms with van der Waals surface area (Å²) in [6, 6.07) is -0.819. The molecule has 5 rings (SSSR count). The van der Waals surface area contributed by atoms with Gasteiger partial charge in [0, 0.05) is 31.2 Å². The Hall–Kier alpha value is -1.83. The summed E-state index contributed by atoms with van der Waals surface area (Å²) in [6.07, 6.45) is -2.63. The number of fused-ring (bicyclic) bond motifs is 10. The van der Waals surface area contributed by atoms with Crippen LogP contribution in [-0.2, 0) is 33.3 Å². The van der Waals surface area contributed by atoms with E-state index in [2.05, 4.69) is 31.0 Å². The second kappa shape index (κ2) is 14.0. The van der Waals surface area contributed by atoms with Gasteiger partial charge in [-0.3, -0.25) is 14.5 Å². The monoisotopic (exact) mass is 653 g/mol. The lowest BCUT2D eigenvalue weighted by molar-refractivity contribution is -0.300. The Morgan fingerprint density at radius 2 is 1.76 bits per heavy atom. The minimum Gasteiger partial charge on any atom is -0.457 e. The van der Waals surface area contributed by atoms with E-state index in [1.165, 1.54) is 0 Å². The molecule has 264 valence electrons. The van der Waals surface area contributed by atoms with Gasteiger partial charge in [-0.05, 0) is 86.9 Å². The Labute approximate surface area is 275 Å². The zero-order valence-corrected chi connectivity index (χ0v) is 29.8. The molecule has 5 fully saturated rings. The third kappa shape index (κ3) is 6.85. The number of Topliss-reactive ketones (excluding diaryl/α,β-unsaturated/α-hetero) is 1. The van der Waals surface area contributed by atoms with Gasteiger partial charge < -0.3 is 39.0 Å². The summed E-state index contributed by atoms with van der Waals surface area (Å²) in [5.74, 6) is -1.72. The van der Waals surface area contributed by atoms with Gasteiger partial charge in [0.15, 0.2) is 17.7 Å². The van der Waals surface area contributed by atoms with Crippen LogP contribution >= 0.6 is 0 Å². The maximum absolute atomic E-state index is 14.6. The van der Waals surface area contributed by atoms with Crippen LogP contribution in [0.15, 0.2) is 0 Å². The Bertz CT molecular complexity index is 1120. The van der Waals surface area contributed by atoms with Crippen molar-refractivity contribution in [2.24, 2.45) is 17.3 Å². The highest BCUT2D eigenvalue weighted by Gasteiger charge is 2.59. The third-order valence-electron chi connectivity index (χ3n) is 11.3. The molecule has 0 aromatic heterocycles. The van der Waals surface area contributed by atoms with Crippen LogP contribution in [0.3, 0.4) is 0 Å². The second-order valence-corrected chi connectivity index (χ2v) is 15.2. The summed E-state index contributed by atoms with van der Waals surface area (Å²) in [7, 11) is 3.83. The molecule has 13 atom stereocenters. The normalized spacial score (nSPS) is 46.5. The number of amides is 1. The molecular formula is C34H59N3O9. The van der Waals surface area contributed by atoms with E-state index >= 15 is 0 Å². The number of aliphatic hydroxyl groups excluding tert-OH is 1. The average Bonchev–Trinajstić information content (AvgIpc) is 3.30. The average molecular weight is 654 g/mol. The molecule has 0 aromatic carbocycles. The number of nitrogens with zero attached hydrogens (tertiary/aromatic N) is 2. The number of hydrogen-bond donors (Lipinski definition) is 2. The highest BCUT2D eigenvalue weighted by molar-refractivity contribution is 6.04. The van der Waals surface area contributed by atoms with Crippen molar-refractivity contribution < 1.29 is 43.2 Å². The molecule has 5 saturated heterocycles. The molecule has 0 spiro atoms. The molecule has 0 radical (unpaired) electrons. The molecule has 0 saturated carbocycles. The van der Waals surface area contributed by atoms with Gasteiger partial charge in [0.25, 0.3) is 0 Å². The number of carbonyl (C=O) groups is 3. The summed E-state index contributed by atoms with van der Waals surface area (Å²) < 4.78 is 31.7. The molecule has 46 heavy (non-hydrogen) atoms. The minimum absolute atomic E-state index is 0.0755. The van der Waals surface area contributed by atoms with Crippen molar-refractivity contribution in [2.75, 3.05) is 33.8 Å². The molecule has 5 heterocycles. The van der Waals surface area contributed by atoms with E-state index < -0.39 is 65.2 Å². The van der Waals surface area contributed by atoms with E-state index in [4.69, 9.17) is 23.7 Å². The van der Waals surface area contributed by atoms with Crippen LogP contribution in [0, 0.1) is 17.3 Å². The number of alkyl carbamates (subject to hydrolysis) is 1. The lowest BCUT2D eigenvalue weighted by Gasteiger charge is -2.49. The van der Waals surface area contributed by atoms with Crippen molar-refractivity contribution in [3.05, 3.63) is 0 Å². The van der Waals surface area contributed by atoms with Crippen molar-refractivity contribution in [3.8, 4) is 0 Å². The summed E-state index contributed by atoms with van der Waals surface area (Å²) in [6.45, 7) is 18.8. The number of carbonyl (C=O) groups excluding carboxylic acids is 3. The summed E-state index contributed by atoms with van der Waals surface area (Å²) in [5.41, 5.74) is -3.65. The topological polar surface area (TPSA) is 136 Å². The maximum Gasteiger partial charge on any atom is 0.408 e. The molecule has 12 heteroatoms. The van der Waals surface area contributed by atoms with Gasteiger partial charge in [-0.2, -0.15) is 0 Å². The van der Waals surface area contributed by atoms with Crippen LogP contribution in [0.2, 0.25) is 0 Å². The fourth-order valence-electron chi connectivity index (χ4n) is 8.55. The summed E-state index contributed by atoms with van der Waals surface area (Å²) >= 11 is 0. The number of nitrogens with one attached hydrogen (secondary N) is 1. The molecule has 2 bridgehead atoms. The van der Waals surface area contributed by atoms with Gasteiger partial charge in [0.1, 0.15) is 17.6 Å². The van der Waals surface area contributed by atoms with Crippen molar-refractivity contribution in [3.63, 3.8) is 0 Å². The first kappa shape index (κ1) is 37.0. The first-order valence-electron chi connectivity index (χ1n) is 17.2. The van der Waals surface area contributed by atoms with E-state index in [1.54, 1.807) is 13.8 Å². The van der Waals surface area contributed by atoms with Gasteiger partial charge in [-0.15, -0.1) is 0 Å². The van der Waals surface area contributed by atoms with E-state index in [0.29, 0.717) is 32.4 Å². The van der Waals surface area contributed by atoms with Gasteiger partial charge in [0.05, 0.1) is 23.9 Å². The van der Waals surface area contributed by atoms with Gasteiger partial charge >= 0.3 is 12.1 Å². The van der Waals surface area contributed by atoms with E-state index in [-0.39, 0.29) is 42.9 Å².